The van der Waals surface area contributed by atoms with Crippen molar-refractivity contribution in [3.8, 4) is 22.3 Å². The summed E-state index contributed by atoms with van der Waals surface area (Å²) in [6.45, 7) is 3.87. The molecule has 1 nitrogen and oxygen atoms in total. The third-order valence-corrected chi connectivity index (χ3v) is 5.18. The second kappa shape index (κ2) is 6.30. The van der Waals surface area contributed by atoms with Gasteiger partial charge in [-0.3, -0.25) is 0 Å². The molecule has 0 saturated heterocycles. The third-order valence-electron chi connectivity index (χ3n) is 5.18. The van der Waals surface area contributed by atoms with Crippen LogP contribution in [0.3, 0.4) is 0 Å². The second-order valence-corrected chi connectivity index (χ2v) is 6.71. The number of anilines is 3. The number of hydrogen-bond donors (Lipinski definition) is 0. The Morgan fingerprint density at radius 3 is 1.44 bits per heavy atom. The first-order chi connectivity index (χ1) is 13.4. The van der Waals surface area contributed by atoms with E-state index in [0.29, 0.717) is 0 Å². The summed E-state index contributed by atoms with van der Waals surface area (Å²) in [6.07, 6.45) is 1.88. The Kier molecular flexibility index (Phi) is 3.65. The number of hydrogen-bond acceptors (Lipinski definition) is 1. The van der Waals surface area contributed by atoms with Gasteiger partial charge >= 0.3 is 0 Å². The van der Waals surface area contributed by atoms with Crippen LogP contribution in [-0.2, 0) is 0 Å². The molecule has 4 aromatic carbocycles. The molecule has 0 saturated carbocycles. The SMILES string of the molecule is C=Cc1ccc(N2c3ccccc3-c3ccccc3-c3ccccc32)cc1. The van der Waals surface area contributed by atoms with Crippen molar-refractivity contribution >= 4 is 23.1 Å². The molecule has 5 rings (SSSR count). The molecule has 0 N–H and O–H groups in total. The van der Waals surface area contributed by atoms with Crippen LogP contribution in [0.25, 0.3) is 28.3 Å². The van der Waals surface area contributed by atoms with Crippen molar-refractivity contribution in [2.24, 2.45) is 0 Å². The molecular formula is C26H19N. The highest BCUT2D eigenvalue weighted by Gasteiger charge is 2.24. The van der Waals surface area contributed by atoms with Crippen LogP contribution in [0.15, 0.2) is 104 Å². The second-order valence-electron chi connectivity index (χ2n) is 6.71. The molecule has 4 aromatic rings. The van der Waals surface area contributed by atoms with E-state index in [-0.39, 0.29) is 0 Å². The van der Waals surface area contributed by atoms with Crippen molar-refractivity contribution in [1.82, 2.24) is 0 Å². The van der Waals surface area contributed by atoms with Gasteiger partial charge in [0.25, 0.3) is 0 Å². The molecular weight excluding hydrogens is 326 g/mol. The first kappa shape index (κ1) is 15.7. The number of benzene rings is 4. The Balaban J connectivity index is 1.86. The van der Waals surface area contributed by atoms with Gasteiger partial charge in [-0.05, 0) is 41.0 Å². The summed E-state index contributed by atoms with van der Waals surface area (Å²) in [5, 5.41) is 0. The van der Waals surface area contributed by atoms with E-state index in [1.807, 2.05) is 6.08 Å². The Bertz CT molecular complexity index is 1070. The van der Waals surface area contributed by atoms with Gasteiger partial charge in [0.15, 0.2) is 0 Å². The molecule has 0 aromatic heterocycles. The topological polar surface area (TPSA) is 3.24 Å². The van der Waals surface area contributed by atoms with Gasteiger partial charge in [-0.25, -0.2) is 0 Å². The van der Waals surface area contributed by atoms with Crippen LogP contribution in [0.2, 0.25) is 0 Å². The molecule has 0 amide bonds. The van der Waals surface area contributed by atoms with Crippen LogP contribution >= 0.6 is 0 Å². The van der Waals surface area contributed by atoms with Gasteiger partial charge in [-0.15, -0.1) is 0 Å². The Morgan fingerprint density at radius 1 is 0.519 bits per heavy atom. The van der Waals surface area contributed by atoms with E-state index in [1.54, 1.807) is 0 Å². The van der Waals surface area contributed by atoms with Gasteiger partial charge in [0.2, 0.25) is 0 Å². The maximum atomic E-state index is 3.87. The van der Waals surface area contributed by atoms with Gasteiger partial charge in [0, 0.05) is 16.8 Å². The molecule has 128 valence electrons. The fourth-order valence-corrected chi connectivity index (χ4v) is 3.91. The highest BCUT2D eigenvalue weighted by atomic mass is 15.1. The average molecular weight is 345 g/mol. The van der Waals surface area contributed by atoms with Crippen molar-refractivity contribution in [3.63, 3.8) is 0 Å². The van der Waals surface area contributed by atoms with E-state index in [9.17, 15) is 0 Å². The fourth-order valence-electron chi connectivity index (χ4n) is 3.91. The van der Waals surface area contributed by atoms with Crippen molar-refractivity contribution in [2.75, 3.05) is 4.90 Å². The minimum atomic E-state index is 1.12. The first-order valence-electron chi connectivity index (χ1n) is 9.17. The maximum absolute atomic E-state index is 3.87. The average Bonchev–Trinajstić information content (AvgIpc) is 2.87. The minimum absolute atomic E-state index is 1.12. The summed E-state index contributed by atoms with van der Waals surface area (Å²) in [5.74, 6) is 0. The van der Waals surface area contributed by atoms with E-state index in [4.69, 9.17) is 0 Å². The standard InChI is InChI=1S/C26H19N/c1-2-19-15-17-20(18-16-19)27-25-13-7-5-11-23(25)21-9-3-4-10-22(21)24-12-6-8-14-26(24)27/h2-18H,1H2. The molecule has 1 aliphatic rings. The van der Waals surface area contributed by atoms with Gasteiger partial charge in [-0.2, -0.15) is 0 Å². The number of rotatable bonds is 2. The van der Waals surface area contributed by atoms with Crippen molar-refractivity contribution in [1.29, 1.82) is 0 Å². The summed E-state index contributed by atoms with van der Waals surface area (Å²) in [7, 11) is 0. The molecule has 1 heteroatoms. The Hall–Kier alpha value is -3.58. The monoisotopic (exact) mass is 345 g/mol. The highest BCUT2D eigenvalue weighted by Crippen LogP contribution is 2.50. The highest BCUT2D eigenvalue weighted by molar-refractivity contribution is 6.02. The zero-order chi connectivity index (χ0) is 18.2. The predicted octanol–water partition coefficient (Wildman–Crippen LogP) is 7.45. The molecule has 0 atom stereocenters. The summed E-state index contributed by atoms with van der Waals surface area (Å²) < 4.78 is 0. The van der Waals surface area contributed by atoms with Gasteiger partial charge in [0.05, 0.1) is 11.4 Å². The molecule has 1 heterocycles. The van der Waals surface area contributed by atoms with Crippen molar-refractivity contribution < 1.29 is 0 Å². The lowest BCUT2D eigenvalue weighted by atomic mass is 9.95. The smallest absolute Gasteiger partial charge is 0.0540 e. The lowest BCUT2D eigenvalue weighted by Gasteiger charge is -2.27. The molecule has 0 bridgehead atoms. The number of nitrogens with zero attached hydrogens (tertiary/aromatic N) is 1. The molecule has 1 aliphatic heterocycles. The molecule has 27 heavy (non-hydrogen) atoms. The van der Waals surface area contributed by atoms with Crippen LogP contribution in [0.5, 0.6) is 0 Å². The lowest BCUT2D eigenvalue weighted by molar-refractivity contribution is 1.29. The van der Waals surface area contributed by atoms with E-state index in [2.05, 4.69) is 109 Å². The van der Waals surface area contributed by atoms with E-state index >= 15 is 0 Å². The Morgan fingerprint density at radius 2 is 0.963 bits per heavy atom. The van der Waals surface area contributed by atoms with Gasteiger partial charge < -0.3 is 4.90 Å². The summed E-state index contributed by atoms with van der Waals surface area (Å²) in [4.78, 5) is 2.36. The maximum Gasteiger partial charge on any atom is 0.0540 e. The number of fused-ring (bicyclic) bond motifs is 5. The summed E-state index contributed by atoms with van der Waals surface area (Å²) in [5.41, 5.74) is 9.69. The first-order valence-corrected chi connectivity index (χ1v) is 9.17. The molecule has 0 fully saturated rings. The fraction of sp³-hybridized carbons (Fsp3) is 0. The van der Waals surface area contributed by atoms with Crippen LogP contribution in [0.1, 0.15) is 5.56 Å². The largest absolute Gasteiger partial charge is 0.309 e. The zero-order valence-electron chi connectivity index (χ0n) is 15.0. The van der Waals surface area contributed by atoms with E-state index < -0.39 is 0 Å². The molecule has 0 aliphatic carbocycles. The van der Waals surface area contributed by atoms with E-state index in [0.717, 1.165) is 11.3 Å². The molecule has 0 radical (unpaired) electrons. The van der Waals surface area contributed by atoms with Crippen LogP contribution in [0, 0.1) is 0 Å². The predicted molar refractivity (Wildman–Crippen MR) is 116 cm³/mol. The Labute approximate surface area is 159 Å². The quantitative estimate of drug-likeness (QED) is 0.321. The third kappa shape index (κ3) is 2.48. The molecule has 0 spiro atoms. The minimum Gasteiger partial charge on any atom is -0.309 e. The summed E-state index contributed by atoms with van der Waals surface area (Å²) in [6, 6.07) is 34.5. The zero-order valence-corrected chi connectivity index (χ0v) is 15.0. The summed E-state index contributed by atoms with van der Waals surface area (Å²) >= 11 is 0. The van der Waals surface area contributed by atoms with Gasteiger partial charge in [-0.1, -0.05) is 85.5 Å². The van der Waals surface area contributed by atoms with E-state index in [1.165, 1.54) is 33.6 Å². The van der Waals surface area contributed by atoms with Gasteiger partial charge in [0.1, 0.15) is 0 Å². The van der Waals surface area contributed by atoms with Crippen LogP contribution < -0.4 is 4.90 Å². The van der Waals surface area contributed by atoms with Crippen molar-refractivity contribution in [3.05, 3.63) is 109 Å². The normalized spacial score (nSPS) is 11.8. The van der Waals surface area contributed by atoms with Crippen LogP contribution in [-0.4, -0.2) is 0 Å². The lowest BCUT2D eigenvalue weighted by Crippen LogP contribution is -2.10. The number of para-hydroxylation sites is 2. The molecule has 0 unspecified atom stereocenters. The van der Waals surface area contributed by atoms with Crippen molar-refractivity contribution in [2.45, 2.75) is 0 Å². The van der Waals surface area contributed by atoms with Crippen LogP contribution in [0.4, 0.5) is 17.1 Å².